The molecule has 7 atom stereocenters. The number of carbonyl (C=O) groups excluding carboxylic acids is 1. The number of thioether (sulfide) groups is 1. The van der Waals surface area contributed by atoms with E-state index in [0.29, 0.717) is 60.3 Å². The fourth-order valence-corrected chi connectivity index (χ4v) is 10.6. The van der Waals surface area contributed by atoms with E-state index < -0.39 is 30.1 Å². The topological polar surface area (TPSA) is 147 Å². The number of hydrogen-bond donors (Lipinski definition) is 2. The predicted octanol–water partition coefficient (Wildman–Crippen LogP) is 9.75. The molecule has 13 nitrogen and oxygen atoms in total. The van der Waals surface area contributed by atoms with Crippen LogP contribution < -0.4 is 18.9 Å². The second-order valence-electron chi connectivity index (χ2n) is 17.0. The van der Waals surface area contributed by atoms with E-state index in [2.05, 4.69) is 18.7 Å². The molecule has 8 rings (SSSR count). The van der Waals surface area contributed by atoms with E-state index in [1.54, 1.807) is 29.7 Å². The molecule has 7 unspecified atom stereocenters. The summed E-state index contributed by atoms with van der Waals surface area (Å²) in [7, 11) is 0. The molecular weight excluding hydrogens is 837 g/mol. The second kappa shape index (κ2) is 21.5. The van der Waals surface area contributed by atoms with E-state index in [1.165, 1.54) is 0 Å². The molecule has 3 aliphatic heterocycles. The number of benzene rings is 3. The summed E-state index contributed by atoms with van der Waals surface area (Å²) in [4.78, 5) is 23.8. The molecule has 1 amide bonds. The van der Waals surface area contributed by atoms with E-state index in [1.807, 2.05) is 60.9 Å². The summed E-state index contributed by atoms with van der Waals surface area (Å²) in [5.41, 5.74) is 3.38. The van der Waals surface area contributed by atoms with E-state index in [9.17, 15) is 15.0 Å². The Hall–Kier alpha value is -4.73. The third-order valence-electron chi connectivity index (χ3n) is 13.0. The molecule has 344 valence electrons. The molecule has 3 aromatic carbocycles. The molecule has 64 heavy (non-hydrogen) atoms. The van der Waals surface area contributed by atoms with Crippen molar-refractivity contribution < 1.29 is 53.0 Å². The van der Waals surface area contributed by atoms with E-state index in [0.717, 1.165) is 60.1 Å². The molecule has 14 heteroatoms. The zero-order valence-corrected chi connectivity index (χ0v) is 37.8. The van der Waals surface area contributed by atoms with Crippen LogP contribution in [0.4, 0.5) is 4.79 Å². The van der Waals surface area contributed by atoms with Crippen LogP contribution in [0, 0.1) is 17.8 Å². The van der Waals surface area contributed by atoms with Crippen LogP contribution in [-0.4, -0.2) is 91.1 Å². The Bertz CT molecular complexity index is 2120. The SMILES string of the molecule is C=CCOC12Oc3ccc(Oc4ccc(SC)cc4)cc3C3C(CCCCO)C(CCCCO)C=C(C(=NOC4CCCCO4)CC1N(Cc1ccc4c(c1)OCO4)C(=O)OCC)C32. The second-order valence-corrected chi connectivity index (χ2v) is 17.8. The average molecular weight is 899 g/mol. The number of nitrogens with zero attached hydrogens (tertiary/aromatic N) is 2. The maximum atomic E-state index is 14.6. The fraction of sp³-hybridized carbons (Fsp3) is 0.520. The van der Waals surface area contributed by atoms with Crippen LogP contribution in [0.5, 0.6) is 28.7 Å². The number of carbonyl (C=O) groups is 1. The zero-order chi connectivity index (χ0) is 44.5. The molecule has 0 bridgehead atoms. The van der Waals surface area contributed by atoms with Gasteiger partial charge in [-0.05, 0) is 129 Å². The van der Waals surface area contributed by atoms with Gasteiger partial charge >= 0.3 is 6.09 Å². The van der Waals surface area contributed by atoms with E-state index in [-0.39, 0.29) is 63.9 Å². The molecule has 0 spiro atoms. The molecule has 5 aliphatic rings. The van der Waals surface area contributed by atoms with Crippen LogP contribution in [0.15, 0.2) is 95.0 Å². The Morgan fingerprint density at radius 3 is 2.50 bits per heavy atom. The van der Waals surface area contributed by atoms with Gasteiger partial charge in [0.25, 0.3) is 0 Å². The Kier molecular flexibility index (Phi) is 15.4. The first-order chi connectivity index (χ1) is 31.4. The van der Waals surface area contributed by atoms with Crippen molar-refractivity contribution in [2.24, 2.45) is 22.9 Å². The Labute approximate surface area is 380 Å². The number of hydrogen-bond acceptors (Lipinski definition) is 13. The number of aliphatic hydroxyl groups is 2. The lowest BCUT2D eigenvalue weighted by molar-refractivity contribution is -0.256. The van der Waals surface area contributed by atoms with Crippen LogP contribution in [0.25, 0.3) is 0 Å². The van der Waals surface area contributed by atoms with Gasteiger partial charge in [-0.1, -0.05) is 36.2 Å². The monoisotopic (exact) mass is 898 g/mol. The maximum absolute atomic E-state index is 14.6. The molecule has 1 saturated heterocycles. The first kappa shape index (κ1) is 45.8. The van der Waals surface area contributed by atoms with Crippen molar-refractivity contribution in [3.8, 4) is 28.7 Å². The van der Waals surface area contributed by atoms with Gasteiger partial charge in [0.15, 0.2) is 11.5 Å². The third kappa shape index (κ3) is 9.91. The van der Waals surface area contributed by atoms with Crippen molar-refractivity contribution >= 4 is 23.6 Å². The smallest absolute Gasteiger partial charge is 0.410 e. The van der Waals surface area contributed by atoms with Crippen LogP contribution >= 0.6 is 11.8 Å². The van der Waals surface area contributed by atoms with Crippen LogP contribution in [0.2, 0.25) is 0 Å². The number of amides is 1. The average Bonchev–Trinajstić information content (AvgIpc) is 3.79. The van der Waals surface area contributed by atoms with E-state index >= 15 is 0 Å². The summed E-state index contributed by atoms with van der Waals surface area (Å²) >= 11 is 1.67. The number of aliphatic hydroxyl groups excluding tert-OH is 2. The normalized spacial score (nSPS) is 25.9. The van der Waals surface area contributed by atoms with Gasteiger partial charge in [-0.3, -0.25) is 4.90 Å². The number of ether oxygens (including phenoxy) is 7. The Morgan fingerprint density at radius 1 is 0.969 bits per heavy atom. The van der Waals surface area contributed by atoms with Crippen molar-refractivity contribution in [3.63, 3.8) is 0 Å². The van der Waals surface area contributed by atoms with Crippen LogP contribution in [0.3, 0.4) is 0 Å². The molecule has 0 aromatic heterocycles. The largest absolute Gasteiger partial charge is 0.459 e. The van der Waals surface area contributed by atoms with Gasteiger partial charge in [0.05, 0.1) is 31.5 Å². The minimum Gasteiger partial charge on any atom is -0.459 e. The van der Waals surface area contributed by atoms with Crippen molar-refractivity contribution in [1.82, 2.24) is 4.90 Å². The minimum absolute atomic E-state index is 0.0389. The Morgan fingerprint density at radius 2 is 1.75 bits per heavy atom. The zero-order valence-electron chi connectivity index (χ0n) is 37.0. The predicted molar refractivity (Wildman–Crippen MR) is 243 cm³/mol. The van der Waals surface area contributed by atoms with Crippen LogP contribution in [0.1, 0.15) is 88.2 Å². The molecule has 3 heterocycles. The van der Waals surface area contributed by atoms with Gasteiger partial charge < -0.3 is 48.2 Å². The lowest BCUT2D eigenvalue weighted by Crippen LogP contribution is -2.70. The summed E-state index contributed by atoms with van der Waals surface area (Å²) < 4.78 is 44.4. The number of rotatable bonds is 20. The molecule has 2 fully saturated rings. The minimum atomic E-state index is -1.47. The summed E-state index contributed by atoms with van der Waals surface area (Å²) in [6, 6.07) is 18.9. The first-order valence-corrected chi connectivity index (χ1v) is 24.1. The van der Waals surface area contributed by atoms with E-state index in [4.69, 9.17) is 43.2 Å². The lowest BCUT2D eigenvalue weighted by Gasteiger charge is -2.59. The summed E-state index contributed by atoms with van der Waals surface area (Å²) in [5.74, 6) is 1.13. The van der Waals surface area contributed by atoms with Crippen molar-refractivity contribution in [3.05, 3.63) is 96.1 Å². The molecular formula is C50H62N2O11S. The highest BCUT2D eigenvalue weighted by molar-refractivity contribution is 7.98. The quantitative estimate of drug-likeness (QED) is 0.0482. The fourth-order valence-electron chi connectivity index (χ4n) is 10.2. The van der Waals surface area contributed by atoms with Gasteiger partial charge in [0.1, 0.15) is 23.3 Å². The number of allylic oxidation sites excluding steroid dienone is 1. The van der Waals surface area contributed by atoms with Crippen molar-refractivity contribution in [1.29, 1.82) is 0 Å². The Balaban J connectivity index is 1.32. The summed E-state index contributed by atoms with van der Waals surface area (Å²) in [6.45, 7) is 7.18. The van der Waals surface area contributed by atoms with Crippen molar-refractivity contribution in [2.45, 2.75) is 107 Å². The van der Waals surface area contributed by atoms with Gasteiger partial charge in [0, 0.05) is 49.0 Å². The first-order valence-electron chi connectivity index (χ1n) is 22.9. The molecule has 0 radical (unpaired) electrons. The maximum Gasteiger partial charge on any atom is 0.410 e. The highest BCUT2D eigenvalue weighted by Crippen LogP contribution is 2.62. The highest BCUT2D eigenvalue weighted by Gasteiger charge is 2.66. The van der Waals surface area contributed by atoms with Gasteiger partial charge in [-0.2, -0.15) is 0 Å². The number of oxime groups is 1. The summed E-state index contributed by atoms with van der Waals surface area (Å²) in [6.07, 6.45) is 12.5. The third-order valence-corrected chi connectivity index (χ3v) is 13.8. The highest BCUT2D eigenvalue weighted by atomic mass is 32.2. The van der Waals surface area contributed by atoms with Gasteiger partial charge in [0.2, 0.25) is 18.9 Å². The number of fused-ring (bicyclic) bond motifs is 3. The molecule has 3 aromatic rings. The molecule has 2 aliphatic carbocycles. The summed E-state index contributed by atoms with van der Waals surface area (Å²) in [5, 5.41) is 25.0. The van der Waals surface area contributed by atoms with Crippen LogP contribution in [-0.2, 0) is 25.6 Å². The molecule has 2 N–H and O–H groups in total. The lowest BCUT2D eigenvalue weighted by atomic mass is 9.55. The van der Waals surface area contributed by atoms with Gasteiger partial charge in [-0.15, -0.1) is 18.3 Å². The number of unbranched alkanes of at least 4 members (excludes halogenated alkanes) is 2. The van der Waals surface area contributed by atoms with Crippen molar-refractivity contribution in [2.75, 3.05) is 46.1 Å². The standard InChI is InChI=1S/C50H62N2O11S/c1-4-25-60-50-45(52(49(55)56-5-2)31-33-15-21-43-44(27-33)59-32-58-43)30-41(51-63-46-14-8-11-26-57-46)39-28-34(12-6-9-23-53)38(13-7-10-24-54)47(48(39)50)40-29-36(18-22-42(40)62-50)61-35-16-19-37(64-3)20-17-35/h4,15-22,27-29,34,38,45-48,53-54H,1,5-14,23-26,30-32H2,2-3H3. The van der Waals surface area contributed by atoms with Gasteiger partial charge in [-0.25, -0.2) is 4.79 Å². The molecule has 1 saturated carbocycles.